The van der Waals surface area contributed by atoms with Crippen LogP contribution in [0.5, 0.6) is 0 Å². The van der Waals surface area contributed by atoms with Crippen molar-refractivity contribution in [3.8, 4) is 33.6 Å². The van der Waals surface area contributed by atoms with Crippen molar-refractivity contribution in [2.45, 2.75) is 119 Å². The van der Waals surface area contributed by atoms with E-state index >= 15 is 0 Å². The number of hydrogen-bond donors (Lipinski definition) is 0. The molecule has 0 saturated carbocycles. The Morgan fingerprint density at radius 2 is 0.938 bits per heavy atom. The van der Waals surface area contributed by atoms with Crippen molar-refractivity contribution in [2.75, 3.05) is 0 Å². The number of nitrogens with zero attached hydrogens (tertiary/aromatic N) is 4. The number of para-hydroxylation sites is 2. The minimum Gasteiger partial charge on any atom is -0.298 e. The molecule has 2 aromatic heterocycles. The molecule has 9 aromatic rings. The smallest absolute Gasteiger partial charge is 0.248 e. The van der Waals surface area contributed by atoms with Gasteiger partial charge < -0.3 is 0 Å². The van der Waals surface area contributed by atoms with E-state index in [1.807, 2.05) is 0 Å². The zero-order chi connectivity index (χ0) is 44.6. The van der Waals surface area contributed by atoms with Crippen molar-refractivity contribution in [2.24, 2.45) is 0 Å². The average molecular weight is 831 g/mol. The third-order valence-corrected chi connectivity index (χ3v) is 15.7. The molecule has 6 heteroatoms. The Hall–Kier alpha value is -5.87. The van der Waals surface area contributed by atoms with Crippen LogP contribution in [-0.2, 0) is 21.7 Å². The zero-order valence-corrected chi connectivity index (χ0v) is 40.0. The van der Waals surface area contributed by atoms with Crippen LogP contribution in [0.1, 0.15) is 117 Å². The predicted octanol–water partition coefficient (Wildman–Crippen LogP) is 10.1. The van der Waals surface area contributed by atoms with Crippen molar-refractivity contribution in [3.63, 3.8) is 0 Å². The van der Waals surface area contributed by atoms with Gasteiger partial charge in [0, 0.05) is 11.1 Å². The Balaban J connectivity index is 1.25. The van der Waals surface area contributed by atoms with Crippen LogP contribution in [0.15, 0.2) is 84.9 Å². The molecule has 64 heavy (non-hydrogen) atoms. The SMILES string of the molecule is Cc1nc2cccc3c2n1-c1cc2c(ccc4c5c6c(cc42)-c2c(cc(C(C)(C)C)cc2C(C)(C)C)B6c2cccc4nc(C)n-5c24)c2c1B3c1cc(C(C)(C)C)cc(C(C)(C)C)c1-2. The van der Waals surface area contributed by atoms with E-state index in [-0.39, 0.29) is 35.1 Å². The molecule has 0 atom stereocenters. The third kappa shape index (κ3) is 4.67. The molecule has 0 saturated heterocycles. The highest BCUT2D eigenvalue weighted by atomic mass is 15.1. The van der Waals surface area contributed by atoms with Crippen LogP contribution in [0.25, 0.3) is 77.2 Å². The molecule has 314 valence electrons. The van der Waals surface area contributed by atoms with Gasteiger partial charge in [-0.25, -0.2) is 9.97 Å². The van der Waals surface area contributed by atoms with Crippen LogP contribution >= 0.6 is 0 Å². The van der Waals surface area contributed by atoms with Crippen molar-refractivity contribution >= 4 is 89.8 Å². The van der Waals surface area contributed by atoms with E-state index < -0.39 is 0 Å². The summed E-state index contributed by atoms with van der Waals surface area (Å²) >= 11 is 0. The number of benzene rings is 7. The highest BCUT2D eigenvalue weighted by Crippen LogP contribution is 2.48. The molecular weight excluding hydrogens is 774 g/mol. The maximum Gasteiger partial charge on any atom is 0.248 e. The minimum absolute atomic E-state index is 0.00244. The number of hydrogen-bond acceptors (Lipinski definition) is 2. The van der Waals surface area contributed by atoms with E-state index in [9.17, 15) is 0 Å². The van der Waals surface area contributed by atoms with Gasteiger partial charge in [0.1, 0.15) is 11.6 Å². The molecule has 0 aliphatic carbocycles. The fourth-order valence-corrected chi connectivity index (χ4v) is 12.8. The van der Waals surface area contributed by atoms with Gasteiger partial charge in [0.2, 0.25) is 13.4 Å². The van der Waals surface area contributed by atoms with E-state index in [4.69, 9.17) is 9.97 Å². The van der Waals surface area contributed by atoms with Crippen molar-refractivity contribution < 1.29 is 0 Å². The number of aryl methyl sites for hydroxylation is 2. The fourth-order valence-electron chi connectivity index (χ4n) is 12.8. The van der Waals surface area contributed by atoms with Gasteiger partial charge in [-0.15, -0.1) is 0 Å². The second-order valence-corrected chi connectivity index (χ2v) is 23.9. The summed E-state index contributed by atoms with van der Waals surface area (Å²) in [4.78, 5) is 10.5. The first-order valence-electron chi connectivity index (χ1n) is 23.6. The standard InChI is InChI=1S/C58H56B2N4/c1-29-61-44-19-15-17-40-53(44)63(29)46-28-36-33(48-49-39(58(12,13)14)24-32(56(6,7)8)26-43(49)60(40)51(46)48)21-22-34-35(36)27-37-47-38(57(9,10)11)23-31(55(3,4)5)25-42(47)59-41-18-16-20-45-54(41)64(30(2)62-45)52(34)50(37)59/h15-28H,1-14H3. The van der Waals surface area contributed by atoms with Gasteiger partial charge in [-0.1, -0.05) is 155 Å². The molecule has 0 spiro atoms. The van der Waals surface area contributed by atoms with Crippen LogP contribution in [0, 0.1) is 13.8 Å². The second kappa shape index (κ2) is 11.7. The molecule has 4 nitrogen and oxygen atoms in total. The Labute approximate surface area is 378 Å². The molecular formula is C58H56B2N4. The van der Waals surface area contributed by atoms with E-state index in [0.29, 0.717) is 0 Å². The summed E-state index contributed by atoms with van der Waals surface area (Å²) in [5, 5.41) is 5.23. The van der Waals surface area contributed by atoms with E-state index in [2.05, 4.69) is 191 Å². The van der Waals surface area contributed by atoms with Crippen molar-refractivity contribution in [1.29, 1.82) is 0 Å². The first kappa shape index (κ1) is 38.6. The summed E-state index contributed by atoms with van der Waals surface area (Å²) in [5.74, 6) is 2.08. The normalized spacial score (nSPS) is 14.7. The van der Waals surface area contributed by atoms with E-state index in [0.717, 1.165) is 22.7 Å². The highest BCUT2D eigenvalue weighted by molar-refractivity contribution is 7.02. The van der Waals surface area contributed by atoms with Crippen LogP contribution in [0.4, 0.5) is 0 Å². The fraction of sp³-hybridized carbons (Fsp3) is 0.310. The summed E-state index contributed by atoms with van der Waals surface area (Å²) in [6, 6.07) is 34.0. The minimum atomic E-state index is -0.0831. The van der Waals surface area contributed by atoms with Gasteiger partial charge in [-0.3, -0.25) is 9.13 Å². The molecule has 13 rings (SSSR count). The summed E-state index contributed by atoms with van der Waals surface area (Å²) in [6.45, 7) is 33.3. The second-order valence-electron chi connectivity index (χ2n) is 23.9. The molecule has 0 bridgehead atoms. The Bertz CT molecular complexity index is 3680. The average Bonchev–Trinajstić information content (AvgIpc) is 3.95. The lowest BCUT2D eigenvalue weighted by Gasteiger charge is -2.29. The maximum absolute atomic E-state index is 5.28. The van der Waals surface area contributed by atoms with Crippen molar-refractivity contribution in [3.05, 3.63) is 119 Å². The first-order chi connectivity index (χ1) is 30.1. The number of imidazole rings is 2. The molecule has 4 aliphatic rings. The highest BCUT2D eigenvalue weighted by Gasteiger charge is 2.47. The Morgan fingerprint density at radius 1 is 0.438 bits per heavy atom. The molecule has 0 fully saturated rings. The molecule has 7 aromatic carbocycles. The summed E-state index contributed by atoms with van der Waals surface area (Å²) in [6.07, 6.45) is 0. The first-order valence-corrected chi connectivity index (χ1v) is 23.6. The molecule has 0 amide bonds. The van der Waals surface area contributed by atoms with Gasteiger partial charge in [0.15, 0.2) is 0 Å². The van der Waals surface area contributed by atoms with Gasteiger partial charge in [0.25, 0.3) is 0 Å². The molecule has 0 radical (unpaired) electrons. The van der Waals surface area contributed by atoms with Crippen LogP contribution in [0.2, 0.25) is 0 Å². The largest absolute Gasteiger partial charge is 0.298 e. The van der Waals surface area contributed by atoms with E-state index in [1.54, 1.807) is 0 Å². The Morgan fingerprint density at radius 3 is 1.52 bits per heavy atom. The lowest BCUT2D eigenvalue weighted by Crippen LogP contribution is -2.53. The number of rotatable bonds is 0. The predicted molar refractivity (Wildman–Crippen MR) is 275 cm³/mol. The maximum atomic E-state index is 5.28. The Kier molecular flexibility index (Phi) is 7.04. The molecule has 0 unspecified atom stereocenters. The summed E-state index contributed by atoms with van der Waals surface area (Å²) in [7, 11) is 0. The van der Waals surface area contributed by atoms with E-state index in [1.165, 1.54) is 121 Å². The topological polar surface area (TPSA) is 35.6 Å². The number of aromatic nitrogens is 4. The lowest BCUT2D eigenvalue weighted by molar-refractivity contribution is 0.570. The van der Waals surface area contributed by atoms with Crippen LogP contribution in [0.3, 0.4) is 0 Å². The number of fused-ring (bicyclic) bond motifs is 15. The quantitative estimate of drug-likeness (QED) is 0.113. The van der Waals surface area contributed by atoms with Gasteiger partial charge >= 0.3 is 0 Å². The molecule has 6 heterocycles. The third-order valence-electron chi connectivity index (χ3n) is 15.7. The lowest BCUT2D eigenvalue weighted by atomic mass is 9.37. The van der Waals surface area contributed by atoms with Gasteiger partial charge in [0.05, 0.1) is 27.8 Å². The molecule has 0 N–H and O–H groups in total. The van der Waals surface area contributed by atoms with Gasteiger partial charge in [-0.05, 0) is 142 Å². The van der Waals surface area contributed by atoms with Crippen LogP contribution in [-0.4, -0.2) is 32.5 Å². The van der Waals surface area contributed by atoms with Crippen LogP contribution < -0.4 is 32.8 Å². The molecule has 4 aliphatic heterocycles. The summed E-state index contributed by atoms with van der Waals surface area (Å²) in [5.41, 5.74) is 26.8. The monoisotopic (exact) mass is 830 g/mol. The zero-order valence-electron chi connectivity index (χ0n) is 40.0. The van der Waals surface area contributed by atoms with Crippen molar-refractivity contribution in [1.82, 2.24) is 19.1 Å². The van der Waals surface area contributed by atoms with Gasteiger partial charge in [-0.2, -0.15) is 0 Å². The summed E-state index contributed by atoms with van der Waals surface area (Å²) < 4.78 is 5.02.